The minimum absolute atomic E-state index is 0.130. The number of likely N-dealkylation sites (tertiary alicyclic amines) is 1. The van der Waals surface area contributed by atoms with E-state index in [1.807, 2.05) is 12.1 Å². The Morgan fingerprint density at radius 1 is 1.30 bits per heavy atom. The van der Waals surface area contributed by atoms with E-state index >= 15 is 0 Å². The predicted molar refractivity (Wildman–Crippen MR) is 98.9 cm³/mol. The van der Waals surface area contributed by atoms with Crippen molar-refractivity contribution in [2.45, 2.75) is 26.3 Å². The highest BCUT2D eigenvalue weighted by molar-refractivity contribution is 5.98. The van der Waals surface area contributed by atoms with Crippen molar-refractivity contribution in [2.24, 2.45) is 11.7 Å². The lowest BCUT2D eigenvalue weighted by atomic mass is 9.96. The molecule has 2 aromatic rings. The molecule has 1 fully saturated rings. The lowest BCUT2D eigenvalue weighted by Crippen LogP contribution is -2.44. The average Bonchev–Trinajstić information content (AvgIpc) is 3.15. The van der Waals surface area contributed by atoms with E-state index in [0.717, 1.165) is 12.8 Å². The Morgan fingerprint density at radius 3 is 2.81 bits per heavy atom. The van der Waals surface area contributed by atoms with Gasteiger partial charge >= 0.3 is 0 Å². The minimum Gasteiger partial charge on any atom is -0.369 e. The third-order valence-electron chi connectivity index (χ3n) is 4.68. The third-order valence-corrected chi connectivity index (χ3v) is 4.68. The van der Waals surface area contributed by atoms with Crippen LogP contribution in [0.4, 0.5) is 0 Å². The van der Waals surface area contributed by atoms with Crippen LogP contribution in [0.3, 0.4) is 0 Å². The second kappa shape index (κ2) is 8.03. The zero-order valence-corrected chi connectivity index (χ0v) is 15.2. The highest BCUT2D eigenvalue weighted by Gasteiger charge is 2.28. The normalized spacial score (nSPS) is 16.8. The molecule has 3 amide bonds. The molecule has 1 unspecified atom stereocenters. The molecule has 0 radical (unpaired) electrons. The number of imidazole rings is 1. The molecule has 142 valence electrons. The molecule has 0 saturated carbocycles. The maximum absolute atomic E-state index is 13.1. The van der Waals surface area contributed by atoms with E-state index in [0.29, 0.717) is 36.6 Å². The molecule has 27 heavy (non-hydrogen) atoms. The molecular weight excluding hydrogens is 346 g/mol. The molecule has 1 atom stereocenters. The lowest BCUT2D eigenvalue weighted by molar-refractivity contribution is -0.123. The molecule has 2 heterocycles. The summed E-state index contributed by atoms with van der Waals surface area (Å²) in [5, 5.41) is 2.70. The summed E-state index contributed by atoms with van der Waals surface area (Å²) >= 11 is 0. The fourth-order valence-electron chi connectivity index (χ4n) is 3.25. The Bertz CT molecular complexity index is 861. The number of hydrogen-bond acceptors (Lipinski definition) is 4. The molecular formula is C19H23N5O3. The number of carbonyl (C=O) groups is 3. The van der Waals surface area contributed by atoms with Gasteiger partial charge in [0.15, 0.2) is 0 Å². The SMILES string of the molecule is CC(=O)NCc1cn(-c2ccccc2C(=O)N2CCCC(C(N)=O)C2)cn1. The van der Waals surface area contributed by atoms with Crippen LogP contribution in [-0.2, 0) is 16.1 Å². The van der Waals surface area contributed by atoms with Crippen molar-refractivity contribution < 1.29 is 14.4 Å². The molecule has 1 aromatic carbocycles. The van der Waals surface area contributed by atoms with Crippen molar-refractivity contribution in [3.05, 3.63) is 48.0 Å². The summed E-state index contributed by atoms with van der Waals surface area (Å²) in [5.74, 6) is -0.923. The predicted octanol–water partition coefficient (Wildman–Crippen LogP) is 0.846. The third kappa shape index (κ3) is 4.33. The van der Waals surface area contributed by atoms with Crippen molar-refractivity contribution in [2.75, 3.05) is 13.1 Å². The van der Waals surface area contributed by atoms with E-state index in [4.69, 9.17) is 5.73 Å². The van der Waals surface area contributed by atoms with Gasteiger partial charge in [0.25, 0.3) is 5.91 Å². The van der Waals surface area contributed by atoms with E-state index < -0.39 is 0 Å². The van der Waals surface area contributed by atoms with Gasteiger partial charge in [0.05, 0.1) is 35.7 Å². The molecule has 1 aliphatic rings. The Hall–Kier alpha value is -3.16. The number of rotatable bonds is 5. The van der Waals surface area contributed by atoms with Gasteiger partial charge in [-0.15, -0.1) is 0 Å². The van der Waals surface area contributed by atoms with Crippen LogP contribution in [0.2, 0.25) is 0 Å². The molecule has 0 spiro atoms. The van der Waals surface area contributed by atoms with Crippen molar-refractivity contribution >= 4 is 17.7 Å². The Labute approximate surface area is 157 Å². The van der Waals surface area contributed by atoms with Crippen LogP contribution < -0.4 is 11.1 Å². The summed E-state index contributed by atoms with van der Waals surface area (Å²) in [4.78, 5) is 41.6. The highest BCUT2D eigenvalue weighted by atomic mass is 16.2. The number of benzene rings is 1. The number of piperidine rings is 1. The number of primary amides is 1. The van der Waals surface area contributed by atoms with Crippen molar-refractivity contribution in [3.8, 4) is 5.69 Å². The first kappa shape index (κ1) is 18.6. The van der Waals surface area contributed by atoms with Gasteiger partial charge in [-0.25, -0.2) is 4.98 Å². The number of aromatic nitrogens is 2. The van der Waals surface area contributed by atoms with E-state index in [1.54, 1.807) is 34.1 Å². The van der Waals surface area contributed by atoms with E-state index in [9.17, 15) is 14.4 Å². The quantitative estimate of drug-likeness (QED) is 0.814. The molecule has 3 N–H and O–H groups in total. The van der Waals surface area contributed by atoms with E-state index in [1.165, 1.54) is 6.92 Å². The van der Waals surface area contributed by atoms with Gasteiger partial charge in [-0.1, -0.05) is 12.1 Å². The number of nitrogens with two attached hydrogens (primary N) is 1. The molecule has 8 heteroatoms. The van der Waals surface area contributed by atoms with Crippen LogP contribution in [0.5, 0.6) is 0 Å². The van der Waals surface area contributed by atoms with Gasteiger partial charge in [-0.3, -0.25) is 14.4 Å². The van der Waals surface area contributed by atoms with Crippen LogP contribution >= 0.6 is 0 Å². The van der Waals surface area contributed by atoms with Gasteiger partial charge in [-0.05, 0) is 25.0 Å². The Balaban J connectivity index is 1.82. The number of nitrogens with one attached hydrogen (secondary N) is 1. The molecule has 0 bridgehead atoms. The van der Waals surface area contributed by atoms with E-state index in [2.05, 4.69) is 10.3 Å². The van der Waals surface area contributed by atoms with Crippen LogP contribution in [-0.4, -0.2) is 45.3 Å². The Morgan fingerprint density at radius 2 is 2.07 bits per heavy atom. The first-order chi connectivity index (χ1) is 13.0. The number of carbonyl (C=O) groups excluding carboxylic acids is 3. The van der Waals surface area contributed by atoms with Gasteiger partial charge < -0.3 is 20.5 Å². The summed E-state index contributed by atoms with van der Waals surface area (Å²) in [7, 11) is 0. The topological polar surface area (TPSA) is 110 Å². The zero-order chi connectivity index (χ0) is 19.4. The summed E-state index contributed by atoms with van der Waals surface area (Å²) in [5.41, 5.74) is 7.35. The van der Waals surface area contributed by atoms with Gasteiger partial charge in [0.1, 0.15) is 0 Å². The van der Waals surface area contributed by atoms with Gasteiger partial charge in [0.2, 0.25) is 11.8 Å². The fraction of sp³-hybridized carbons (Fsp3) is 0.368. The van der Waals surface area contributed by atoms with Crippen molar-refractivity contribution in [1.29, 1.82) is 0 Å². The molecule has 1 saturated heterocycles. The van der Waals surface area contributed by atoms with Crippen LogP contribution in [0.25, 0.3) is 5.69 Å². The maximum Gasteiger partial charge on any atom is 0.256 e. The summed E-state index contributed by atoms with van der Waals surface area (Å²) in [6.45, 7) is 2.72. The molecule has 8 nitrogen and oxygen atoms in total. The lowest BCUT2D eigenvalue weighted by Gasteiger charge is -2.31. The average molecular weight is 369 g/mol. The monoisotopic (exact) mass is 369 g/mol. The largest absolute Gasteiger partial charge is 0.369 e. The summed E-state index contributed by atoms with van der Waals surface area (Å²) in [6.07, 6.45) is 4.87. The first-order valence-corrected chi connectivity index (χ1v) is 8.91. The molecule has 0 aliphatic carbocycles. The first-order valence-electron chi connectivity index (χ1n) is 8.91. The second-order valence-electron chi connectivity index (χ2n) is 6.69. The van der Waals surface area contributed by atoms with Crippen LogP contribution in [0, 0.1) is 5.92 Å². The standard InChI is InChI=1S/C19H23N5O3/c1-13(25)21-9-15-11-24(12-22-15)17-7-3-2-6-16(17)19(27)23-8-4-5-14(10-23)18(20)26/h2-3,6-7,11-12,14H,4-5,8-10H2,1H3,(H2,20,26)(H,21,25). The fourth-order valence-corrected chi connectivity index (χ4v) is 3.25. The maximum atomic E-state index is 13.1. The highest BCUT2D eigenvalue weighted by Crippen LogP contribution is 2.22. The van der Waals surface area contributed by atoms with Crippen molar-refractivity contribution in [1.82, 2.24) is 19.8 Å². The van der Waals surface area contributed by atoms with Gasteiger partial charge in [-0.2, -0.15) is 0 Å². The van der Waals surface area contributed by atoms with Crippen LogP contribution in [0.15, 0.2) is 36.8 Å². The summed E-state index contributed by atoms with van der Waals surface area (Å²) < 4.78 is 1.76. The van der Waals surface area contributed by atoms with Crippen molar-refractivity contribution in [3.63, 3.8) is 0 Å². The number of hydrogen-bond donors (Lipinski definition) is 2. The molecule has 1 aliphatic heterocycles. The minimum atomic E-state index is -0.363. The van der Waals surface area contributed by atoms with Crippen LogP contribution in [0.1, 0.15) is 35.8 Å². The van der Waals surface area contributed by atoms with E-state index in [-0.39, 0.29) is 23.6 Å². The molecule has 1 aromatic heterocycles. The second-order valence-corrected chi connectivity index (χ2v) is 6.69. The Kier molecular flexibility index (Phi) is 5.54. The number of para-hydroxylation sites is 1. The zero-order valence-electron chi connectivity index (χ0n) is 15.2. The summed E-state index contributed by atoms with van der Waals surface area (Å²) in [6, 6.07) is 7.26. The number of nitrogens with zero attached hydrogens (tertiary/aromatic N) is 3. The molecule has 3 rings (SSSR count). The van der Waals surface area contributed by atoms with Gasteiger partial charge in [0, 0.05) is 26.2 Å². The smallest absolute Gasteiger partial charge is 0.256 e. The number of amides is 3.